The summed E-state index contributed by atoms with van der Waals surface area (Å²) in [4.78, 5) is 1.80. The van der Waals surface area contributed by atoms with Crippen molar-refractivity contribution in [2.45, 2.75) is 26.9 Å². The molecule has 1 N–H and O–H groups in total. The van der Waals surface area contributed by atoms with Gasteiger partial charge in [-0.2, -0.15) is 5.26 Å². The number of aliphatic hydroxyl groups is 1. The molecule has 1 rings (SSSR count). The molecule has 1 aromatic rings. The Balaban J connectivity index is 3.16. The number of aliphatic hydroxyl groups excluding tert-OH is 1. The molecule has 4 heteroatoms. The predicted molar refractivity (Wildman–Crippen MR) is 69.7 cm³/mol. The van der Waals surface area contributed by atoms with E-state index in [4.69, 9.17) is 5.26 Å². The van der Waals surface area contributed by atoms with Crippen LogP contribution in [0.2, 0.25) is 0 Å². The number of benzene rings is 1. The Morgan fingerprint density at radius 3 is 2.61 bits per heavy atom. The Hall–Kier alpha value is -1.60. The van der Waals surface area contributed by atoms with Crippen LogP contribution in [0.5, 0.6) is 0 Å². The first kappa shape index (κ1) is 14.5. The molecule has 0 saturated carbocycles. The molecule has 0 radical (unpaired) electrons. The van der Waals surface area contributed by atoms with Gasteiger partial charge in [-0.1, -0.05) is 12.1 Å². The van der Waals surface area contributed by atoms with E-state index in [1.807, 2.05) is 6.92 Å². The molecule has 0 aliphatic heterocycles. The molecule has 0 fully saturated rings. The second-order valence-electron chi connectivity index (χ2n) is 4.42. The Morgan fingerprint density at radius 2 is 2.11 bits per heavy atom. The lowest BCUT2D eigenvalue weighted by molar-refractivity contribution is 0.199. The monoisotopic (exact) mass is 250 g/mol. The summed E-state index contributed by atoms with van der Waals surface area (Å²) in [5.41, 5.74) is 0.957. The third-order valence-corrected chi connectivity index (χ3v) is 2.88. The molecule has 98 valence electrons. The van der Waals surface area contributed by atoms with E-state index in [1.54, 1.807) is 30.9 Å². The summed E-state index contributed by atoms with van der Waals surface area (Å²) in [6.07, 6.45) is -0.734. The molecule has 0 bridgehead atoms. The molecule has 0 saturated heterocycles. The molecule has 0 spiro atoms. The molecule has 0 aromatic heterocycles. The van der Waals surface area contributed by atoms with Crippen molar-refractivity contribution in [2.24, 2.45) is 5.92 Å². The summed E-state index contributed by atoms with van der Waals surface area (Å²) in [5, 5.41) is 18.6. The lowest BCUT2D eigenvalue weighted by Crippen LogP contribution is -2.29. The maximum atomic E-state index is 14.0. The third-order valence-electron chi connectivity index (χ3n) is 2.88. The second kappa shape index (κ2) is 6.36. The summed E-state index contributed by atoms with van der Waals surface area (Å²) in [6, 6.07) is 6.81. The van der Waals surface area contributed by atoms with E-state index in [-0.39, 0.29) is 11.7 Å². The largest absolute Gasteiger partial charge is 0.389 e. The summed E-state index contributed by atoms with van der Waals surface area (Å²) in [6.45, 7) is 6.36. The van der Waals surface area contributed by atoms with Crippen molar-refractivity contribution < 1.29 is 9.50 Å². The summed E-state index contributed by atoms with van der Waals surface area (Å²) < 4.78 is 14.0. The number of hydrogen-bond acceptors (Lipinski definition) is 3. The van der Waals surface area contributed by atoms with Crippen molar-refractivity contribution in [1.82, 2.24) is 0 Å². The van der Waals surface area contributed by atoms with Gasteiger partial charge in [-0.15, -0.1) is 0 Å². The average Bonchev–Trinajstić information content (AvgIpc) is 2.35. The zero-order chi connectivity index (χ0) is 13.7. The minimum Gasteiger partial charge on any atom is -0.389 e. The molecule has 3 nitrogen and oxygen atoms in total. The van der Waals surface area contributed by atoms with Crippen molar-refractivity contribution in [2.75, 3.05) is 18.0 Å². The van der Waals surface area contributed by atoms with E-state index in [9.17, 15) is 9.50 Å². The highest BCUT2D eigenvalue weighted by Gasteiger charge is 2.19. The van der Waals surface area contributed by atoms with Crippen LogP contribution < -0.4 is 4.90 Å². The average molecular weight is 250 g/mol. The standard InChI is InChI=1S/C14H19FN2O/c1-4-17(9-10(2)8-16)14-12(11(3)18)6-5-7-13(14)15/h5-7,10-11,18H,4,9H2,1-3H3/t10?,11-/m0/s1. The molecule has 0 heterocycles. The van der Waals surface area contributed by atoms with Crippen LogP contribution in [-0.4, -0.2) is 18.2 Å². The molecular weight excluding hydrogens is 231 g/mol. The first-order valence-electron chi connectivity index (χ1n) is 6.12. The highest BCUT2D eigenvalue weighted by atomic mass is 19.1. The predicted octanol–water partition coefficient (Wildman–Crippen LogP) is 2.86. The van der Waals surface area contributed by atoms with E-state index in [2.05, 4.69) is 6.07 Å². The van der Waals surface area contributed by atoms with Crippen LogP contribution in [0.4, 0.5) is 10.1 Å². The number of hydrogen-bond donors (Lipinski definition) is 1. The number of rotatable bonds is 5. The van der Waals surface area contributed by atoms with Gasteiger partial charge in [0, 0.05) is 18.7 Å². The van der Waals surface area contributed by atoms with Gasteiger partial charge in [0.15, 0.2) is 0 Å². The fourth-order valence-corrected chi connectivity index (χ4v) is 1.95. The quantitative estimate of drug-likeness (QED) is 0.874. The van der Waals surface area contributed by atoms with E-state index in [1.165, 1.54) is 6.07 Å². The van der Waals surface area contributed by atoms with E-state index >= 15 is 0 Å². The van der Waals surface area contributed by atoms with Gasteiger partial charge in [0.25, 0.3) is 0 Å². The first-order chi connectivity index (χ1) is 8.51. The van der Waals surface area contributed by atoms with E-state index < -0.39 is 6.10 Å². The molecule has 1 aromatic carbocycles. The lowest BCUT2D eigenvalue weighted by Gasteiger charge is -2.28. The van der Waals surface area contributed by atoms with Crippen molar-refractivity contribution in [3.8, 4) is 6.07 Å². The molecular formula is C14H19FN2O. The smallest absolute Gasteiger partial charge is 0.146 e. The van der Waals surface area contributed by atoms with Crippen LogP contribution in [-0.2, 0) is 0 Å². The van der Waals surface area contributed by atoms with Crippen LogP contribution in [0, 0.1) is 23.1 Å². The van der Waals surface area contributed by atoms with E-state index in [0.717, 1.165) is 0 Å². The summed E-state index contributed by atoms with van der Waals surface area (Å²) in [5.74, 6) is -0.549. The van der Waals surface area contributed by atoms with Crippen LogP contribution >= 0.6 is 0 Å². The van der Waals surface area contributed by atoms with Crippen LogP contribution in [0.1, 0.15) is 32.4 Å². The van der Waals surface area contributed by atoms with E-state index in [0.29, 0.717) is 24.3 Å². The Bertz CT molecular complexity index is 440. The van der Waals surface area contributed by atoms with Crippen molar-refractivity contribution in [3.63, 3.8) is 0 Å². The van der Waals surface area contributed by atoms with Gasteiger partial charge in [-0.3, -0.25) is 0 Å². The van der Waals surface area contributed by atoms with Gasteiger partial charge in [0.05, 0.1) is 23.8 Å². The maximum Gasteiger partial charge on any atom is 0.146 e. The zero-order valence-electron chi connectivity index (χ0n) is 11.0. The lowest BCUT2D eigenvalue weighted by atomic mass is 10.1. The minimum absolute atomic E-state index is 0.189. The van der Waals surface area contributed by atoms with Gasteiger partial charge in [0.1, 0.15) is 5.82 Å². The van der Waals surface area contributed by atoms with Crippen molar-refractivity contribution in [3.05, 3.63) is 29.6 Å². The van der Waals surface area contributed by atoms with Crippen molar-refractivity contribution in [1.29, 1.82) is 5.26 Å². The molecule has 0 aliphatic carbocycles. The highest BCUT2D eigenvalue weighted by Crippen LogP contribution is 2.29. The fourth-order valence-electron chi connectivity index (χ4n) is 1.95. The third kappa shape index (κ3) is 3.21. The molecule has 18 heavy (non-hydrogen) atoms. The number of nitrogens with zero attached hydrogens (tertiary/aromatic N) is 2. The minimum atomic E-state index is -0.734. The molecule has 0 aliphatic rings. The zero-order valence-corrected chi connectivity index (χ0v) is 11.0. The topological polar surface area (TPSA) is 47.3 Å². The number of nitriles is 1. The van der Waals surface area contributed by atoms with Gasteiger partial charge in [0.2, 0.25) is 0 Å². The fraction of sp³-hybridized carbons (Fsp3) is 0.500. The Labute approximate surface area is 107 Å². The van der Waals surface area contributed by atoms with Crippen molar-refractivity contribution >= 4 is 5.69 Å². The highest BCUT2D eigenvalue weighted by molar-refractivity contribution is 5.55. The number of halogens is 1. The van der Waals surface area contributed by atoms with Crippen LogP contribution in [0.15, 0.2) is 18.2 Å². The molecule has 1 unspecified atom stereocenters. The first-order valence-corrected chi connectivity index (χ1v) is 6.12. The summed E-state index contributed by atoms with van der Waals surface area (Å²) >= 11 is 0. The van der Waals surface area contributed by atoms with Crippen LogP contribution in [0.25, 0.3) is 0 Å². The normalized spacial score (nSPS) is 13.8. The SMILES string of the molecule is CCN(CC(C)C#N)c1c(F)cccc1[C@H](C)O. The van der Waals surface area contributed by atoms with Gasteiger partial charge in [-0.05, 0) is 26.8 Å². The van der Waals surface area contributed by atoms with Gasteiger partial charge >= 0.3 is 0 Å². The molecule has 0 amide bonds. The Morgan fingerprint density at radius 1 is 1.44 bits per heavy atom. The number of para-hydroxylation sites is 1. The van der Waals surface area contributed by atoms with Crippen LogP contribution in [0.3, 0.4) is 0 Å². The number of anilines is 1. The van der Waals surface area contributed by atoms with Gasteiger partial charge in [-0.25, -0.2) is 4.39 Å². The van der Waals surface area contributed by atoms with Gasteiger partial charge < -0.3 is 10.0 Å². The molecule has 2 atom stereocenters. The maximum absolute atomic E-state index is 14.0. The second-order valence-corrected chi connectivity index (χ2v) is 4.42. The summed E-state index contributed by atoms with van der Waals surface area (Å²) in [7, 11) is 0. The Kier molecular flexibility index (Phi) is 5.11.